The van der Waals surface area contributed by atoms with Crippen LogP contribution in [-0.4, -0.2) is 71.2 Å². The molecule has 0 radical (unpaired) electrons. The van der Waals surface area contributed by atoms with E-state index in [0.29, 0.717) is 47.8 Å². The van der Waals surface area contributed by atoms with E-state index in [4.69, 9.17) is 21.6 Å². The Bertz CT molecular complexity index is 1340. The van der Waals surface area contributed by atoms with Gasteiger partial charge in [-0.3, -0.25) is 9.59 Å². The topological polar surface area (TPSA) is 119 Å². The maximum Gasteiger partial charge on any atom is 0.253 e. The number of aliphatic hydroxyl groups excluding tert-OH is 1. The zero-order chi connectivity index (χ0) is 30.2. The fourth-order valence-corrected chi connectivity index (χ4v) is 7.43. The van der Waals surface area contributed by atoms with Crippen molar-refractivity contribution < 1.29 is 19.4 Å². The molecule has 2 saturated heterocycles. The lowest BCUT2D eigenvalue weighted by atomic mass is 9.49. The van der Waals surface area contributed by atoms with Crippen molar-refractivity contribution in [3.05, 3.63) is 52.7 Å². The molecule has 2 amide bonds. The van der Waals surface area contributed by atoms with Gasteiger partial charge in [-0.1, -0.05) is 39.3 Å². The van der Waals surface area contributed by atoms with E-state index in [-0.39, 0.29) is 46.8 Å². The second-order valence-electron chi connectivity index (χ2n) is 13.0. The molecule has 2 N–H and O–H groups in total. The van der Waals surface area contributed by atoms with Gasteiger partial charge in [0, 0.05) is 61.2 Å². The first-order valence-corrected chi connectivity index (χ1v) is 15.1. The molecule has 1 saturated carbocycles. The summed E-state index contributed by atoms with van der Waals surface area (Å²) < 4.78 is 6.33. The molecule has 0 bridgehead atoms. The zero-order valence-corrected chi connectivity index (χ0v) is 25.5. The number of rotatable bonds is 6. The van der Waals surface area contributed by atoms with E-state index in [2.05, 4.69) is 49.0 Å². The molecule has 224 valence electrons. The molecule has 3 heterocycles. The summed E-state index contributed by atoms with van der Waals surface area (Å²) in [4.78, 5) is 34.9. The third-order valence-corrected chi connectivity index (χ3v) is 9.70. The van der Waals surface area contributed by atoms with Crippen molar-refractivity contribution in [3.8, 4) is 11.8 Å². The van der Waals surface area contributed by atoms with Gasteiger partial charge in [0.05, 0.1) is 22.3 Å². The second kappa shape index (κ2) is 11.7. The van der Waals surface area contributed by atoms with Crippen molar-refractivity contribution in [1.82, 2.24) is 15.2 Å². The van der Waals surface area contributed by atoms with Crippen LogP contribution in [0.4, 0.5) is 5.82 Å². The van der Waals surface area contributed by atoms with E-state index in [9.17, 15) is 14.7 Å². The number of hydrogen-bond acceptors (Lipinski definition) is 7. The summed E-state index contributed by atoms with van der Waals surface area (Å²) in [6.45, 7) is 11.0. The zero-order valence-electron chi connectivity index (χ0n) is 24.8. The lowest BCUT2D eigenvalue weighted by Gasteiger charge is -2.63. The molecule has 3 fully saturated rings. The molecule has 10 heteroatoms. The highest BCUT2D eigenvalue weighted by Gasteiger charge is 2.64. The maximum atomic E-state index is 13.3. The van der Waals surface area contributed by atoms with E-state index in [1.54, 1.807) is 30.5 Å². The van der Waals surface area contributed by atoms with E-state index in [0.717, 1.165) is 31.7 Å². The number of hydrogen-bond donors (Lipinski definition) is 2. The van der Waals surface area contributed by atoms with Crippen LogP contribution >= 0.6 is 11.6 Å². The fourth-order valence-electron chi connectivity index (χ4n) is 7.22. The average molecular weight is 594 g/mol. The lowest BCUT2D eigenvalue weighted by Crippen LogP contribution is -2.74. The van der Waals surface area contributed by atoms with Gasteiger partial charge in [-0.2, -0.15) is 5.26 Å². The highest BCUT2D eigenvalue weighted by atomic mass is 35.5. The van der Waals surface area contributed by atoms with Crippen molar-refractivity contribution >= 4 is 29.2 Å². The quantitative estimate of drug-likeness (QED) is 0.509. The summed E-state index contributed by atoms with van der Waals surface area (Å²) in [5.41, 5.74) is 0.173. The van der Waals surface area contributed by atoms with Gasteiger partial charge in [0.1, 0.15) is 23.7 Å². The largest absolute Gasteiger partial charge is 0.489 e. The first kappa shape index (κ1) is 30.1. The third-order valence-electron chi connectivity index (χ3n) is 9.38. The van der Waals surface area contributed by atoms with Crippen molar-refractivity contribution in [2.24, 2.45) is 16.7 Å². The molecule has 0 atom stereocenters. The third kappa shape index (κ3) is 5.80. The van der Waals surface area contributed by atoms with Gasteiger partial charge in [0.15, 0.2) is 0 Å². The number of aliphatic hydroxyl groups is 1. The van der Waals surface area contributed by atoms with Gasteiger partial charge in [0.2, 0.25) is 5.91 Å². The number of anilines is 1. The van der Waals surface area contributed by atoms with Crippen LogP contribution in [0.2, 0.25) is 5.02 Å². The van der Waals surface area contributed by atoms with Crippen LogP contribution in [0.25, 0.3) is 0 Å². The van der Waals surface area contributed by atoms with Crippen LogP contribution in [0.5, 0.6) is 5.75 Å². The van der Waals surface area contributed by atoms with Crippen molar-refractivity contribution in [1.29, 1.82) is 5.26 Å². The monoisotopic (exact) mass is 593 g/mol. The molecule has 42 heavy (non-hydrogen) atoms. The number of aromatic nitrogens is 1. The average Bonchev–Trinajstić information content (AvgIpc) is 2.98. The Morgan fingerprint density at radius 1 is 1.05 bits per heavy atom. The lowest BCUT2D eigenvalue weighted by molar-refractivity contribution is -0.164. The van der Waals surface area contributed by atoms with Crippen molar-refractivity contribution in [3.63, 3.8) is 0 Å². The molecule has 3 aliphatic rings. The predicted molar refractivity (Wildman–Crippen MR) is 160 cm³/mol. The standard InChI is InChI=1S/C32H40ClN5O4/c1-31(2)29(32(3,4)30(31)42-24-7-5-21(18-34)25(33)17-24)36-27(40)22-6-8-26(35-19-22)37-13-9-20(10-14-37)28(41)38-15-11-23(39)12-16-38/h5-8,17,19-20,23,29-30,39H,9-16H2,1-4H3,(H,36,40). The van der Waals surface area contributed by atoms with Gasteiger partial charge in [-0.05, 0) is 49.9 Å². The smallest absolute Gasteiger partial charge is 0.253 e. The maximum absolute atomic E-state index is 13.3. The number of nitrogens with one attached hydrogen (secondary N) is 1. The summed E-state index contributed by atoms with van der Waals surface area (Å²) in [6.07, 6.45) is 4.00. The summed E-state index contributed by atoms with van der Waals surface area (Å²) in [6, 6.07) is 10.7. The van der Waals surface area contributed by atoms with Crippen LogP contribution in [0.3, 0.4) is 0 Å². The second-order valence-corrected chi connectivity index (χ2v) is 13.4. The number of nitriles is 1. The van der Waals surface area contributed by atoms with Gasteiger partial charge in [0.25, 0.3) is 5.91 Å². The summed E-state index contributed by atoms with van der Waals surface area (Å²) in [5.74, 6) is 1.43. The molecule has 2 aromatic rings. The molecule has 9 nitrogen and oxygen atoms in total. The van der Waals surface area contributed by atoms with E-state index in [1.165, 1.54) is 0 Å². The first-order valence-electron chi connectivity index (χ1n) is 14.8. The highest BCUT2D eigenvalue weighted by molar-refractivity contribution is 6.31. The van der Waals surface area contributed by atoms with Gasteiger partial charge in [-0.15, -0.1) is 0 Å². The summed E-state index contributed by atoms with van der Waals surface area (Å²) in [5, 5.41) is 22.4. The Hall–Kier alpha value is -3.35. The Labute approximate surface area is 252 Å². The molecule has 5 rings (SSSR count). The number of nitrogens with zero attached hydrogens (tertiary/aromatic N) is 4. The van der Waals surface area contributed by atoms with Crippen molar-refractivity contribution in [2.45, 2.75) is 71.6 Å². The summed E-state index contributed by atoms with van der Waals surface area (Å²) >= 11 is 6.20. The highest BCUT2D eigenvalue weighted by Crippen LogP contribution is 2.55. The fraction of sp³-hybridized carbons (Fsp3) is 0.562. The number of likely N-dealkylation sites (tertiary alicyclic amines) is 1. The molecule has 1 aromatic carbocycles. The van der Waals surface area contributed by atoms with Crippen LogP contribution in [0.15, 0.2) is 36.5 Å². The molecule has 1 aliphatic carbocycles. The minimum absolute atomic E-state index is 0.0115. The summed E-state index contributed by atoms with van der Waals surface area (Å²) in [7, 11) is 0. The first-order chi connectivity index (χ1) is 19.9. The number of amides is 2. The Morgan fingerprint density at radius 2 is 1.71 bits per heavy atom. The molecule has 0 unspecified atom stereocenters. The minimum Gasteiger partial charge on any atom is -0.489 e. The number of piperidine rings is 2. The van der Waals surface area contributed by atoms with Gasteiger partial charge < -0.3 is 25.0 Å². The molecular weight excluding hydrogens is 554 g/mol. The Morgan fingerprint density at radius 3 is 2.29 bits per heavy atom. The van der Waals surface area contributed by atoms with Crippen LogP contribution < -0.4 is 15.0 Å². The van der Waals surface area contributed by atoms with E-state index < -0.39 is 0 Å². The molecule has 2 aliphatic heterocycles. The minimum atomic E-state index is -0.358. The number of pyridine rings is 1. The Balaban J connectivity index is 1.15. The molecular formula is C32H40ClN5O4. The van der Waals surface area contributed by atoms with Crippen LogP contribution in [0, 0.1) is 28.1 Å². The number of halogens is 1. The van der Waals surface area contributed by atoms with Crippen molar-refractivity contribution in [2.75, 3.05) is 31.1 Å². The molecule has 0 spiro atoms. The van der Waals surface area contributed by atoms with Crippen LogP contribution in [-0.2, 0) is 4.79 Å². The SMILES string of the molecule is CC1(C)C(NC(=O)c2ccc(N3CCC(C(=O)N4CCC(O)CC4)CC3)nc2)C(C)(C)C1Oc1ccc(C#N)c(Cl)c1. The number of carbonyl (C=O) groups excluding carboxylic acids is 2. The normalized spacial score (nSPS) is 23.9. The molecule has 1 aromatic heterocycles. The number of carbonyl (C=O) groups is 2. The number of ether oxygens (including phenoxy) is 1. The van der Waals surface area contributed by atoms with Gasteiger partial charge >= 0.3 is 0 Å². The predicted octanol–water partition coefficient (Wildman–Crippen LogP) is 4.42. The van der Waals surface area contributed by atoms with E-state index in [1.807, 2.05) is 11.0 Å². The van der Waals surface area contributed by atoms with E-state index >= 15 is 0 Å². The van der Waals surface area contributed by atoms with Crippen LogP contribution in [0.1, 0.15) is 69.3 Å². The Kier molecular flexibility index (Phi) is 8.41. The number of benzene rings is 1. The van der Waals surface area contributed by atoms with Gasteiger partial charge in [-0.25, -0.2) is 4.98 Å².